The highest BCUT2D eigenvalue weighted by Gasteiger charge is 2.22. The number of nitrogens with one attached hydrogen (secondary N) is 3. The number of amides is 1. The number of nitrogens with zero attached hydrogens (tertiary/aromatic N) is 1. The first-order valence-corrected chi connectivity index (χ1v) is 7.56. The molecule has 1 aromatic carbocycles. The molecule has 122 valence electrons. The fraction of sp³-hybridized carbons (Fsp3) is 0.375. The predicted octanol–water partition coefficient (Wildman–Crippen LogP) is 0.527. The number of carbonyl (C=O) groups is 1. The second-order valence-electron chi connectivity index (χ2n) is 5.46. The lowest BCUT2D eigenvalue weighted by Crippen LogP contribution is -2.31. The maximum absolute atomic E-state index is 12.3. The summed E-state index contributed by atoms with van der Waals surface area (Å²) in [6.07, 6.45) is 0.0316. The van der Waals surface area contributed by atoms with Gasteiger partial charge in [-0.15, -0.1) is 0 Å². The molecule has 0 fully saturated rings. The normalized spacial score (nSPS) is 14.9. The topological polar surface area (TPSA) is 99.3 Å². The molecule has 1 aliphatic rings. The number of rotatable bonds is 5. The lowest BCUT2D eigenvalue weighted by Gasteiger charge is -2.14. The molecule has 1 aliphatic heterocycles. The third-order valence-electron chi connectivity index (χ3n) is 3.96. The smallest absolute Gasteiger partial charge is 0.272 e. The molecule has 7 nitrogen and oxygen atoms in total. The van der Waals surface area contributed by atoms with Crippen LogP contribution in [0.4, 0.5) is 0 Å². The van der Waals surface area contributed by atoms with Crippen LogP contribution in [-0.4, -0.2) is 41.4 Å². The number of carbonyl (C=O) groups excluding carboxylic acids is 1. The van der Waals surface area contributed by atoms with Crippen molar-refractivity contribution in [2.75, 3.05) is 20.2 Å². The summed E-state index contributed by atoms with van der Waals surface area (Å²) in [7, 11) is 1.57. The van der Waals surface area contributed by atoms with E-state index in [0.717, 1.165) is 24.2 Å². The van der Waals surface area contributed by atoms with E-state index in [-0.39, 0.29) is 12.5 Å². The Morgan fingerprint density at radius 2 is 2.39 bits per heavy atom. The Hall–Kier alpha value is -2.38. The Morgan fingerprint density at radius 3 is 3.22 bits per heavy atom. The van der Waals surface area contributed by atoms with Gasteiger partial charge in [-0.25, -0.2) is 0 Å². The van der Waals surface area contributed by atoms with Crippen molar-refractivity contribution in [1.29, 1.82) is 0 Å². The first-order valence-electron chi connectivity index (χ1n) is 7.56. The number of methoxy groups -OCH3 is 1. The molecular weight excluding hydrogens is 296 g/mol. The van der Waals surface area contributed by atoms with Crippen molar-refractivity contribution in [2.45, 2.75) is 19.1 Å². The van der Waals surface area contributed by atoms with Crippen LogP contribution < -0.4 is 15.4 Å². The fourth-order valence-corrected chi connectivity index (χ4v) is 2.65. The highest BCUT2D eigenvalue weighted by molar-refractivity contribution is 5.94. The third-order valence-corrected chi connectivity index (χ3v) is 3.96. The van der Waals surface area contributed by atoms with E-state index < -0.39 is 6.10 Å². The number of ether oxygens (including phenoxy) is 1. The number of benzene rings is 1. The second kappa shape index (κ2) is 6.80. The van der Waals surface area contributed by atoms with Gasteiger partial charge in [-0.1, -0.05) is 12.1 Å². The third kappa shape index (κ3) is 3.35. The van der Waals surface area contributed by atoms with Crippen molar-refractivity contribution in [2.24, 2.45) is 0 Å². The van der Waals surface area contributed by atoms with Gasteiger partial charge in [-0.05, 0) is 17.7 Å². The Morgan fingerprint density at radius 1 is 1.52 bits per heavy atom. The van der Waals surface area contributed by atoms with Crippen LogP contribution in [0.25, 0.3) is 0 Å². The number of aromatic amines is 1. The average molecular weight is 316 g/mol. The molecule has 1 amide bonds. The van der Waals surface area contributed by atoms with Crippen molar-refractivity contribution in [1.82, 2.24) is 20.8 Å². The highest BCUT2D eigenvalue weighted by Crippen LogP contribution is 2.19. The average Bonchev–Trinajstić information content (AvgIpc) is 3.03. The number of aliphatic hydroxyl groups is 1. The summed E-state index contributed by atoms with van der Waals surface area (Å²) < 4.78 is 5.13. The van der Waals surface area contributed by atoms with E-state index in [2.05, 4.69) is 20.8 Å². The molecule has 2 aromatic rings. The molecule has 4 N–H and O–H groups in total. The summed E-state index contributed by atoms with van der Waals surface area (Å²) in [4.78, 5) is 12.3. The van der Waals surface area contributed by atoms with Crippen molar-refractivity contribution < 1.29 is 14.6 Å². The van der Waals surface area contributed by atoms with Crippen LogP contribution in [0, 0.1) is 0 Å². The van der Waals surface area contributed by atoms with Crippen molar-refractivity contribution >= 4 is 5.91 Å². The standard InChI is InChI=1S/C16H20N4O3/c1-23-11-4-2-3-10(7-11)14(21)9-18-16(22)15-12-8-17-6-5-13(12)19-20-15/h2-4,7,14,17,21H,5-6,8-9H2,1H3,(H,18,22)(H,19,20). The summed E-state index contributed by atoms with van der Waals surface area (Å²) in [6.45, 7) is 1.62. The molecule has 0 radical (unpaired) electrons. The van der Waals surface area contributed by atoms with E-state index in [1.54, 1.807) is 31.4 Å². The lowest BCUT2D eigenvalue weighted by atomic mass is 10.1. The zero-order valence-corrected chi connectivity index (χ0v) is 12.9. The van der Waals surface area contributed by atoms with Crippen molar-refractivity contribution in [3.63, 3.8) is 0 Å². The van der Waals surface area contributed by atoms with Gasteiger partial charge >= 0.3 is 0 Å². The van der Waals surface area contributed by atoms with E-state index in [9.17, 15) is 9.90 Å². The SMILES string of the molecule is COc1cccc(C(O)CNC(=O)c2n[nH]c3c2CNCC3)c1. The van der Waals surface area contributed by atoms with Gasteiger partial charge in [-0.2, -0.15) is 5.10 Å². The van der Waals surface area contributed by atoms with E-state index in [1.807, 2.05) is 0 Å². The predicted molar refractivity (Wildman–Crippen MR) is 84.3 cm³/mol. The van der Waals surface area contributed by atoms with E-state index in [4.69, 9.17) is 4.74 Å². The molecule has 7 heteroatoms. The summed E-state index contributed by atoms with van der Waals surface area (Å²) in [5.41, 5.74) is 2.99. The number of aliphatic hydroxyl groups excluding tert-OH is 1. The quantitative estimate of drug-likeness (QED) is 0.645. The van der Waals surface area contributed by atoms with E-state index in [0.29, 0.717) is 23.6 Å². The number of H-pyrrole nitrogens is 1. The van der Waals surface area contributed by atoms with Gasteiger partial charge < -0.3 is 20.5 Å². The molecule has 1 aromatic heterocycles. The minimum Gasteiger partial charge on any atom is -0.497 e. The van der Waals surface area contributed by atoms with E-state index >= 15 is 0 Å². The zero-order valence-electron chi connectivity index (χ0n) is 12.9. The Labute approximate surface area is 134 Å². The summed E-state index contributed by atoms with van der Waals surface area (Å²) in [5, 5.41) is 23.2. The van der Waals surface area contributed by atoms with Crippen LogP contribution in [0.2, 0.25) is 0 Å². The number of fused-ring (bicyclic) bond motifs is 1. The van der Waals surface area contributed by atoms with Crippen LogP contribution >= 0.6 is 0 Å². The van der Waals surface area contributed by atoms with Gasteiger partial charge in [0, 0.05) is 37.3 Å². The van der Waals surface area contributed by atoms with Crippen molar-refractivity contribution in [3.8, 4) is 5.75 Å². The van der Waals surface area contributed by atoms with Gasteiger partial charge in [0.15, 0.2) is 5.69 Å². The van der Waals surface area contributed by atoms with Gasteiger partial charge in [0.25, 0.3) is 5.91 Å². The molecule has 0 saturated carbocycles. The highest BCUT2D eigenvalue weighted by atomic mass is 16.5. The molecule has 1 unspecified atom stereocenters. The van der Waals surface area contributed by atoms with Crippen LogP contribution in [0.3, 0.4) is 0 Å². The number of hydrogen-bond donors (Lipinski definition) is 4. The zero-order chi connectivity index (χ0) is 16.2. The molecule has 2 heterocycles. The molecule has 1 atom stereocenters. The molecule has 3 rings (SSSR count). The molecule has 0 saturated heterocycles. The van der Waals surface area contributed by atoms with Crippen molar-refractivity contribution in [3.05, 3.63) is 46.8 Å². The number of hydrogen-bond acceptors (Lipinski definition) is 5. The van der Waals surface area contributed by atoms with Crippen LogP contribution in [-0.2, 0) is 13.0 Å². The summed E-state index contributed by atoms with van der Waals surface area (Å²) in [5.74, 6) is 0.383. The van der Waals surface area contributed by atoms with Gasteiger partial charge in [-0.3, -0.25) is 9.89 Å². The van der Waals surface area contributed by atoms with Gasteiger partial charge in [0.2, 0.25) is 0 Å². The summed E-state index contributed by atoms with van der Waals surface area (Å²) >= 11 is 0. The second-order valence-corrected chi connectivity index (χ2v) is 5.46. The van der Waals surface area contributed by atoms with Crippen LogP contribution in [0.1, 0.15) is 33.4 Å². The Kier molecular flexibility index (Phi) is 4.59. The molecule has 0 spiro atoms. The Bertz CT molecular complexity index is 698. The molecule has 0 aliphatic carbocycles. The first-order chi connectivity index (χ1) is 11.2. The minimum atomic E-state index is -0.804. The van der Waals surface area contributed by atoms with Gasteiger partial charge in [0.05, 0.1) is 13.2 Å². The van der Waals surface area contributed by atoms with Gasteiger partial charge in [0.1, 0.15) is 5.75 Å². The molecular formula is C16H20N4O3. The lowest BCUT2D eigenvalue weighted by molar-refractivity contribution is 0.0910. The monoisotopic (exact) mass is 316 g/mol. The van der Waals surface area contributed by atoms with Crippen LogP contribution in [0.15, 0.2) is 24.3 Å². The molecule has 0 bridgehead atoms. The minimum absolute atomic E-state index is 0.112. The summed E-state index contributed by atoms with van der Waals surface area (Å²) in [6, 6.07) is 7.14. The van der Waals surface area contributed by atoms with Crippen LogP contribution in [0.5, 0.6) is 5.75 Å². The maximum atomic E-state index is 12.3. The largest absolute Gasteiger partial charge is 0.497 e. The first kappa shape index (κ1) is 15.5. The van der Waals surface area contributed by atoms with E-state index in [1.165, 1.54) is 0 Å². The maximum Gasteiger partial charge on any atom is 0.272 e. The fourth-order valence-electron chi connectivity index (χ4n) is 2.65. The molecule has 23 heavy (non-hydrogen) atoms. The number of aromatic nitrogens is 2. The Balaban J connectivity index is 1.63.